The van der Waals surface area contributed by atoms with Gasteiger partial charge in [-0.2, -0.15) is 0 Å². The predicted molar refractivity (Wildman–Crippen MR) is 88.0 cm³/mol. The van der Waals surface area contributed by atoms with Gasteiger partial charge in [0.25, 0.3) is 9.05 Å². The van der Waals surface area contributed by atoms with Crippen molar-refractivity contribution >= 4 is 31.1 Å². The van der Waals surface area contributed by atoms with Crippen LogP contribution in [0.2, 0.25) is 0 Å². The topological polar surface area (TPSA) is 46.5 Å². The molecule has 0 radical (unpaired) electrons. The summed E-state index contributed by atoms with van der Waals surface area (Å²) in [5, 5.41) is 0. The van der Waals surface area contributed by atoms with Crippen LogP contribution < -0.4 is 0 Å². The zero-order valence-electron chi connectivity index (χ0n) is 13.3. The summed E-state index contributed by atoms with van der Waals surface area (Å²) in [6.45, 7) is 14.0. The van der Waals surface area contributed by atoms with Crippen LogP contribution in [0.5, 0.6) is 0 Å². The molecule has 1 aliphatic rings. The van der Waals surface area contributed by atoms with Crippen LogP contribution in [0, 0.1) is 0 Å². The normalized spacial score (nSPS) is 15.1. The first kappa shape index (κ1) is 19.1. The standard InChI is InChI=1S/C11H12ClNO2S.2C2H6/c1-7-11(2,3)9-6-8(16(12,14)15)4-5-10(9)13-7;2*1-2/h4-6H,1-3H3;2*1-2H3. The maximum atomic E-state index is 11.3. The van der Waals surface area contributed by atoms with E-state index in [1.165, 1.54) is 6.07 Å². The third-order valence-electron chi connectivity index (χ3n) is 3.12. The molecule has 0 amide bonds. The maximum absolute atomic E-state index is 11.3. The molecule has 0 aliphatic carbocycles. The van der Waals surface area contributed by atoms with Crippen molar-refractivity contribution in [2.24, 2.45) is 4.99 Å². The number of rotatable bonds is 1. The predicted octanol–water partition coefficient (Wildman–Crippen LogP) is 5.05. The van der Waals surface area contributed by atoms with Crippen LogP contribution in [0.4, 0.5) is 5.69 Å². The molecule has 0 atom stereocenters. The first-order chi connectivity index (χ1) is 9.23. The third kappa shape index (κ3) is 3.83. The fraction of sp³-hybridized carbons (Fsp3) is 0.533. The molecule has 0 aromatic heterocycles. The van der Waals surface area contributed by atoms with Crippen LogP contribution >= 0.6 is 10.7 Å². The molecule has 1 aromatic rings. The average Bonchev–Trinajstić information content (AvgIpc) is 2.64. The van der Waals surface area contributed by atoms with Gasteiger partial charge in [-0.05, 0) is 30.7 Å². The van der Waals surface area contributed by atoms with E-state index in [4.69, 9.17) is 10.7 Å². The van der Waals surface area contributed by atoms with Gasteiger partial charge in [0, 0.05) is 21.8 Å². The van der Waals surface area contributed by atoms with Crippen molar-refractivity contribution in [1.82, 2.24) is 0 Å². The van der Waals surface area contributed by atoms with E-state index in [0.29, 0.717) is 0 Å². The van der Waals surface area contributed by atoms with E-state index in [-0.39, 0.29) is 10.3 Å². The first-order valence-corrected chi connectivity index (χ1v) is 9.19. The number of benzene rings is 1. The fourth-order valence-corrected chi connectivity index (χ4v) is 2.56. The molecule has 2 rings (SSSR count). The van der Waals surface area contributed by atoms with E-state index in [1.54, 1.807) is 12.1 Å². The van der Waals surface area contributed by atoms with Crippen LogP contribution in [0.1, 0.15) is 54.0 Å². The summed E-state index contributed by atoms with van der Waals surface area (Å²) in [5.74, 6) is 0. The molecule has 0 saturated carbocycles. The largest absolute Gasteiger partial charge is 0.261 e. The number of hydrogen-bond acceptors (Lipinski definition) is 3. The SMILES string of the molecule is CC.CC.CC1=Nc2ccc(S(=O)(=O)Cl)cc2C1(C)C. The minimum atomic E-state index is -3.67. The highest BCUT2D eigenvalue weighted by Gasteiger charge is 2.33. The molecule has 0 unspecified atom stereocenters. The van der Waals surface area contributed by atoms with Gasteiger partial charge < -0.3 is 0 Å². The van der Waals surface area contributed by atoms with E-state index in [9.17, 15) is 8.42 Å². The Morgan fingerprint density at radius 2 is 1.60 bits per heavy atom. The second-order valence-corrected chi connectivity index (χ2v) is 7.00. The lowest BCUT2D eigenvalue weighted by Crippen LogP contribution is -2.22. The van der Waals surface area contributed by atoms with E-state index < -0.39 is 9.05 Å². The van der Waals surface area contributed by atoms with Gasteiger partial charge in [0.1, 0.15) is 0 Å². The molecule has 0 fully saturated rings. The van der Waals surface area contributed by atoms with Crippen molar-refractivity contribution in [2.75, 3.05) is 0 Å². The number of nitrogens with zero attached hydrogens (tertiary/aromatic N) is 1. The Morgan fingerprint density at radius 1 is 1.10 bits per heavy atom. The van der Waals surface area contributed by atoms with Crippen molar-refractivity contribution in [3.8, 4) is 0 Å². The van der Waals surface area contributed by atoms with Gasteiger partial charge in [0.15, 0.2) is 0 Å². The Labute approximate surface area is 127 Å². The Morgan fingerprint density at radius 3 is 2.05 bits per heavy atom. The maximum Gasteiger partial charge on any atom is 0.261 e. The lowest BCUT2D eigenvalue weighted by molar-refractivity contribution is 0.609. The molecule has 114 valence electrons. The Kier molecular flexibility index (Phi) is 6.91. The molecular formula is C15H24ClNO2S. The lowest BCUT2D eigenvalue weighted by atomic mass is 9.82. The molecule has 0 saturated heterocycles. The van der Waals surface area contributed by atoms with Gasteiger partial charge in [-0.15, -0.1) is 0 Å². The van der Waals surface area contributed by atoms with Gasteiger partial charge in [-0.25, -0.2) is 8.42 Å². The summed E-state index contributed by atoms with van der Waals surface area (Å²) >= 11 is 0. The quantitative estimate of drug-likeness (QED) is 0.680. The number of halogens is 1. The average molecular weight is 318 g/mol. The van der Waals surface area contributed by atoms with Crippen molar-refractivity contribution < 1.29 is 8.42 Å². The van der Waals surface area contributed by atoms with Gasteiger partial charge >= 0.3 is 0 Å². The van der Waals surface area contributed by atoms with Gasteiger partial charge in [0.2, 0.25) is 0 Å². The van der Waals surface area contributed by atoms with Crippen LogP contribution in [0.15, 0.2) is 28.1 Å². The van der Waals surface area contributed by atoms with E-state index in [2.05, 4.69) is 4.99 Å². The van der Waals surface area contributed by atoms with Crippen molar-refractivity contribution in [3.05, 3.63) is 23.8 Å². The number of aliphatic imine (C=N–C) groups is 1. The van der Waals surface area contributed by atoms with Crippen molar-refractivity contribution in [1.29, 1.82) is 0 Å². The third-order valence-corrected chi connectivity index (χ3v) is 4.47. The van der Waals surface area contributed by atoms with Crippen LogP contribution in [-0.2, 0) is 14.5 Å². The molecule has 1 aromatic carbocycles. The highest BCUT2D eigenvalue weighted by atomic mass is 35.7. The van der Waals surface area contributed by atoms with E-state index >= 15 is 0 Å². The number of fused-ring (bicyclic) bond motifs is 1. The summed E-state index contributed by atoms with van der Waals surface area (Å²) in [4.78, 5) is 4.54. The van der Waals surface area contributed by atoms with E-state index in [1.807, 2.05) is 48.5 Å². The molecule has 0 bridgehead atoms. The van der Waals surface area contributed by atoms with Crippen LogP contribution in [-0.4, -0.2) is 14.1 Å². The van der Waals surface area contributed by atoms with E-state index in [0.717, 1.165) is 17.0 Å². The van der Waals surface area contributed by atoms with Gasteiger partial charge in [-0.3, -0.25) is 4.99 Å². The smallest absolute Gasteiger partial charge is 0.257 e. The summed E-state index contributed by atoms with van der Waals surface area (Å²) in [6.07, 6.45) is 0. The summed E-state index contributed by atoms with van der Waals surface area (Å²) in [7, 11) is 1.65. The molecule has 0 N–H and O–H groups in total. The Bertz CT molecular complexity index is 590. The van der Waals surface area contributed by atoms with Gasteiger partial charge in [-0.1, -0.05) is 41.5 Å². The molecule has 1 heterocycles. The van der Waals surface area contributed by atoms with Crippen molar-refractivity contribution in [2.45, 2.75) is 58.8 Å². The molecule has 1 aliphatic heterocycles. The first-order valence-electron chi connectivity index (χ1n) is 6.88. The zero-order valence-corrected chi connectivity index (χ0v) is 14.9. The lowest BCUT2D eigenvalue weighted by Gasteiger charge is -2.20. The second-order valence-electron chi connectivity index (χ2n) is 4.44. The van der Waals surface area contributed by atoms with Crippen molar-refractivity contribution in [3.63, 3.8) is 0 Å². The second kappa shape index (κ2) is 7.23. The van der Waals surface area contributed by atoms with Crippen LogP contribution in [0.25, 0.3) is 0 Å². The summed E-state index contributed by atoms with van der Waals surface area (Å²) in [5.41, 5.74) is 2.48. The highest BCUT2D eigenvalue weighted by molar-refractivity contribution is 8.13. The molecule has 0 spiro atoms. The zero-order chi connectivity index (χ0) is 16.1. The molecule has 5 heteroatoms. The summed E-state index contributed by atoms with van der Waals surface area (Å²) < 4.78 is 22.5. The molecular weight excluding hydrogens is 294 g/mol. The van der Waals surface area contributed by atoms with Gasteiger partial charge in [0.05, 0.1) is 10.6 Å². The summed E-state index contributed by atoms with van der Waals surface area (Å²) in [6, 6.07) is 4.79. The number of hydrogen-bond donors (Lipinski definition) is 0. The molecule has 3 nitrogen and oxygen atoms in total. The Balaban J connectivity index is 0.000000829. The molecule has 20 heavy (non-hydrogen) atoms. The highest BCUT2D eigenvalue weighted by Crippen LogP contribution is 2.41. The minimum Gasteiger partial charge on any atom is -0.257 e. The monoisotopic (exact) mass is 317 g/mol. The van der Waals surface area contributed by atoms with Crippen LogP contribution in [0.3, 0.4) is 0 Å². The Hall–Kier alpha value is -0.870. The minimum absolute atomic E-state index is 0.130. The fourth-order valence-electron chi connectivity index (χ4n) is 1.78.